The Morgan fingerprint density at radius 2 is 2.05 bits per heavy atom. The van der Waals surface area contributed by atoms with Crippen molar-refractivity contribution >= 4 is 0 Å². The summed E-state index contributed by atoms with van der Waals surface area (Å²) >= 11 is 0. The van der Waals surface area contributed by atoms with Gasteiger partial charge in [0, 0.05) is 12.6 Å². The summed E-state index contributed by atoms with van der Waals surface area (Å²) in [6.45, 7) is 8.44. The summed E-state index contributed by atoms with van der Waals surface area (Å²) in [4.78, 5) is 2.52. The van der Waals surface area contributed by atoms with Crippen molar-refractivity contribution < 1.29 is 4.52 Å². The molecule has 0 amide bonds. The van der Waals surface area contributed by atoms with Gasteiger partial charge in [-0.3, -0.25) is 4.90 Å². The Hall–Kier alpha value is -1.61. The van der Waals surface area contributed by atoms with Crippen molar-refractivity contribution in [1.29, 1.82) is 0 Å². The molecule has 106 valence electrons. The molecule has 3 heteroatoms. The molecule has 0 spiro atoms. The standard InChI is InChI=1S/C17H22N2O/c1-12-6-7-15(9-13(12)2)11-19-8-4-5-17(19)16-10-14(3)20-18-16/h6-7,9-10,17H,4-5,8,11H2,1-3H3. The summed E-state index contributed by atoms with van der Waals surface area (Å²) in [7, 11) is 0. The normalized spacial score (nSPS) is 19.6. The van der Waals surface area contributed by atoms with Gasteiger partial charge in [0.25, 0.3) is 0 Å². The van der Waals surface area contributed by atoms with Gasteiger partial charge in [-0.05, 0) is 56.8 Å². The zero-order chi connectivity index (χ0) is 14.1. The lowest BCUT2D eigenvalue weighted by atomic mass is 10.1. The second-order valence-electron chi connectivity index (χ2n) is 5.91. The van der Waals surface area contributed by atoms with Crippen LogP contribution in [0.5, 0.6) is 0 Å². The molecule has 20 heavy (non-hydrogen) atoms. The first kappa shape index (κ1) is 13.4. The second-order valence-corrected chi connectivity index (χ2v) is 5.91. The highest BCUT2D eigenvalue weighted by molar-refractivity contribution is 5.30. The molecule has 1 fully saturated rings. The molecule has 1 aliphatic rings. The van der Waals surface area contributed by atoms with Crippen molar-refractivity contribution in [3.63, 3.8) is 0 Å². The minimum absolute atomic E-state index is 0.411. The lowest BCUT2D eigenvalue weighted by Gasteiger charge is -2.23. The highest BCUT2D eigenvalue weighted by atomic mass is 16.5. The lowest BCUT2D eigenvalue weighted by molar-refractivity contribution is 0.236. The summed E-state index contributed by atoms with van der Waals surface area (Å²) in [5, 5.41) is 4.20. The largest absolute Gasteiger partial charge is 0.361 e. The Morgan fingerprint density at radius 3 is 2.75 bits per heavy atom. The molecule has 2 aromatic rings. The smallest absolute Gasteiger partial charge is 0.133 e. The van der Waals surface area contributed by atoms with Gasteiger partial charge >= 0.3 is 0 Å². The minimum Gasteiger partial charge on any atom is -0.361 e. The van der Waals surface area contributed by atoms with E-state index in [0.717, 1.165) is 24.5 Å². The molecular weight excluding hydrogens is 248 g/mol. The third-order valence-corrected chi connectivity index (χ3v) is 4.31. The van der Waals surface area contributed by atoms with Gasteiger partial charge in [0.1, 0.15) is 11.5 Å². The van der Waals surface area contributed by atoms with Crippen LogP contribution >= 0.6 is 0 Å². The maximum Gasteiger partial charge on any atom is 0.133 e. The Morgan fingerprint density at radius 1 is 1.20 bits per heavy atom. The van der Waals surface area contributed by atoms with E-state index in [1.165, 1.54) is 29.5 Å². The van der Waals surface area contributed by atoms with Crippen LogP contribution in [0, 0.1) is 20.8 Å². The first-order valence-electron chi connectivity index (χ1n) is 7.37. The Balaban J connectivity index is 1.77. The van der Waals surface area contributed by atoms with Gasteiger partial charge in [-0.25, -0.2) is 0 Å². The monoisotopic (exact) mass is 270 g/mol. The van der Waals surface area contributed by atoms with Gasteiger partial charge in [0.15, 0.2) is 0 Å². The molecular formula is C17H22N2O. The summed E-state index contributed by atoms with van der Waals surface area (Å²) < 4.78 is 5.23. The van der Waals surface area contributed by atoms with E-state index in [1.807, 2.05) is 6.92 Å². The fourth-order valence-corrected chi connectivity index (χ4v) is 3.03. The highest BCUT2D eigenvalue weighted by Crippen LogP contribution is 2.32. The van der Waals surface area contributed by atoms with E-state index in [-0.39, 0.29) is 0 Å². The van der Waals surface area contributed by atoms with Crippen LogP contribution in [0.25, 0.3) is 0 Å². The average molecular weight is 270 g/mol. The van der Waals surface area contributed by atoms with E-state index in [9.17, 15) is 0 Å². The van der Waals surface area contributed by atoms with Crippen molar-refractivity contribution in [2.45, 2.75) is 46.2 Å². The zero-order valence-electron chi connectivity index (χ0n) is 12.5. The third kappa shape index (κ3) is 2.63. The summed E-state index contributed by atoms with van der Waals surface area (Å²) in [6, 6.07) is 9.25. The predicted molar refractivity (Wildman–Crippen MR) is 79.5 cm³/mol. The number of hydrogen-bond donors (Lipinski definition) is 0. The van der Waals surface area contributed by atoms with Crippen LogP contribution < -0.4 is 0 Å². The number of benzene rings is 1. The number of nitrogens with zero attached hydrogens (tertiary/aromatic N) is 2. The van der Waals surface area contributed by atoms with Crippen molar-refractivity contribution in [2.24, 2.45) is 0 Å². The molecule has 1 atom stereocenters. The van der Waals surface area contributed by atoms with Crippen LogP contribution in [0.2, 0.25) is 0 Å². The van der Waals surface area contributed by atoms with Crippen molar-refractivity contribution in [3.8, 4) is 0 Å². The van der Waals surface area contributed by atoms with Crippen LogP contribution in [0.15, 0.2) is 28.8 Å². The van der Waals surface area contributed by atoms with E-state index >= 15 is 0 Å². The fraction of sp³-hybridized carbons (Fsp3) is 0.471. The summed E-state index contributed by atoms with van der Waals surface area (Å²) in [6.07, 6.45) is 2.41. The molecule has 1 aliphatic heterocycles. The van der Waals surface area contributed by atoms with E-state index in [1.54, 1.807) is 0 Å². The lowest BCUT2D eigenvalue weighted by Crippen LogP contribution is -2.23. The maximum atomic E-state index is 5.23. The molecule has 1 saturated heterocycles. The van der Waals surface area contributed by atoms with Crippen molar-refractivity contribution in [3.05, 3.63) is 52.4 Å². The van der Waals surface area contributed by atoms with Crippen molar-refractivity contribution in [2.75, 3.05) is 6.54 Å². The quantitative estimate of drug-likeness (QED) is 0.846. The number of hydrogen-bond acceptors (Lipinski definition) is 3. The van der Waals surface area contributed by atoms with Crippen LogP contribution in [0.3, 0.4) is 0 Å². The van der Waals surface area contributed by atoms with E-state index in [0.29, 0.717) is 6.04 Å². The van der Waals surface area contributed by atoms with Gasteiger partial charge in [-0.1, -0.05) is 23.4 Å². The topological polar surface area (TPSA) is 29.3 Å². The average Bonchev–Trinajstić information content (AvgIpc) is 3.03. The molecule has 1 aromatic carbocycles. The molecule has 0 radical (unpaired) electrons. The molecule has 1 aromatic heterocycles. The first-order valence-corrected chi connectivity index (χ1v) is 7.37. The van der Waals surface area contributed by atoms with E-state index < -0.39 is 0 Å². The number of likely N-dealkylation sites (tertiary alicyclic amines) is 1. The third-order valence-electron chi connectivity index (χ3n) is 4.31. The predicted octanol–water partition coefficient (Wildman–Crippen LogP) is 3.94. The van der Waals surface area contributed by atoms with Gasteiger partial charge in [0.05, 0.1) is 6.04 Å². The highest BCUT2D eigenvalue weighted by Gasteiger charge is 2.28. The SMILES string of the molecule is Cc1cc(C2CCCN2Cc2ccc(C)c(C)c2)no1. The number of aromatic nitrogens is 1. The Bertz CT molecular complexity index is 603. The number of aryl methyl sites for hydroxylation is 3. The number of rotatable bonds is 3. The van der Waals surface area contributed by atoms with Crippen LogP contribution in [-0.4, -0.2) is 16.6 Å². The molecule has 0 aliphatic carbocycles. The molecule has 0 bridgehead atoms. The summed E-state index contributed by atoms with van der Waals surface area (Å²) in [5.41, 5.74) is 5.21. The van der Waals surface area contributed by atoms with E-state index in [4.69, 9.17) is 4.52 Å². The fourth-order valence-electron chi connectivity index (χ4n) is 3.03. The van der Waals surface area contributed by atoms with Gasteiger partial charge < -0.3 is 4.52 Å². The van der Waals surface area contributed by atoms with E-state index in [2.05, 4.69) is 48.2 Å². The van der Waals surface area contributed by atoms with Crippen molar-refractivity contribution in [1.82, 2.24) is 10.1 Å². The zero-order valence-corrected chi connectivity index (χ0v) is 12.5. The van der Waals surface area contributed by atoms with Gasteiger partial charge in [-0.15, -0.1) is 0 Å². The molecule has 3 nitrogen and oxygen atoms in total. The molecule has 3 rings (SSSR count). The van der Waals surface area contributed by atoms with Crippen LogP contribution in [0.1, 0.15) is 47.0 Å². The first-order chi connectivity index (χ1) is 9.63. The Labute approximate surface area is 120 Å². The second kappa shape index (κ2) is 5.41. The molecule has 2 heterocycles. The van der Waals surface area contributed by atoms with Gasteiger partial charge in [0.2, 0.25) is 0 Å². The minimum atomic E-state index is 0.411. The molecule has 0 saturated carbocycles. The van der Waals surface area contributed by atoms with Gasteiger partial charge in [-0.2, -0.15) is 0 Å². The molecule has 0 N–H and O–H groups in total. The molecule has 1 unspecified atom stereocenters. The maximum absolute atomic E-state index is 5.23. The summed E-state index contributed by atoms with van der Waals surface area (Å²) in [5.74, 6) is 0.901. The van der Waals surface area contributed by atoms with Crippen LogP contribution in [-0.2, 0) is 6.54 Å². The van der Waals surface area contributed by atoms with Crippen LogP contribution in [0.4, 0.5) is 0 Å². The Kier molecular flexibility index (Phi) is 3.62.